The predicted octanol–water partition coefficient (Wildman–Crippen LogP) is -1.73. The summed E-state index contributed by atoms with van der Waals surface area (Å²) in [6.07, 6.45) is 1.77. The number of aromatic nitrogens is 1. The molecular weight excluding hydrogens is 220 g/mol. The molecule has 0 amide bonds. The fourth-order valence-corrected chi connectivity index (χ4v) is 1.88. The van der Waals surface area contributed by atoms with Crippen LogP contribution >= 0.6 is 11.3 Å². The number of hydrogen-bond donors (Lipinski definition) is 0. The average molecular weight is 235 g/mol. The molecule has 0 saturated carbocycles. The van der Waals surface area contributed by atoms with E-state index in [0.29, 0.717) is 0 Å². The van der Waals surface area contributed by atoms with Crippen LogP contribution in [0.2, 0.25) is 0 Å². The van der Waals surface area contributed by atoms with Gasteiger partial charge in [-0.3, -0.25) is 4.98 Å². The molecule has 1 aliphatic heterocycles. The Labute approximate surface area is 112 Å². The maximum Gasteiger partial charge on any atom is 1.00 e. The van der Waals surface area contributed by atoms with Crippen LogP contribution in [-0.4, -0.2) is 28.8 Å². The van der Waals surface area contributed by atoms with Crippen LogP contribution in [0.15, 0.2) is 11.6 Å². The van der Waals surface area contributed by atoms with E-state index in [0.717, 1.165) is 4.91 Å². The van der Waals surface area contributed by atoms with E-state index < -0.39 is 0 Å². The van der Waals surface area contributed by atoms with Crippen LogP contribution in [0, 0.1) is 0 Å². The van der Waals surface area contributed by atoms with Crippen LogP contribution in [0.1, 0.15) is 27.7 Å². The number of thiazole rings is 1. The van der Waals surface area contributed by atoms with Gasteiger partial charge < -0.3 is 14.8 Å². The summed E-state index contributed by atoms with van der Waals surface area (Å²) in [6, 6.07) is 0. The van der Waals surface area contributed by atoms with Gasteiger partial charge in [0, 0.05) is 11.6 Å². The Hall–Kier alpha value is 0.172. The quantitative estimate of drug-likeness (QED) is 0.542. The minimum absolute atomic E-state index is 0. The van der Waals surface area contributed by atoms with Crippen molar-refractivity contribution in [3.63, 3.8) is 0 Å². The molecule has 0 aliphatic carbocycles. The van der Waals surface area contributed by atoms with E-state index in [4.69, 9.17) is 9.31 Å². The van der Waals surface area contributed by atoms with Gasteiger partial charge in [-0.15, -0.1) is 11.3 Å². The molecule has 2 heterocycles. The van der Waals surface area contributed by atoms with Gasteiger partial charge in [0.15, 0.2) is 0 Å². The third kappa shape index (κ3) is 2.70. The molecule has 1 N–H and O–H groups in total. The molecule has 84 valence electrons. The Balaban J connectivity index is 0.00000112. The minimum atomic E-state index is -0.306. The van der Waals surface area contributed by atoms with Crippen molar-refractivity contribution in [1.29, 1.82) is 0 Å². The largest absolute Gasteiger partial charge is 1.00 e. The summed E-state index contributed by atoms with van der Waals surface area (Å²) in [6.45, 7) is 8.17. The van der Waals surface area contributed by atoms with Crippen LogP contribution in [0.3, 0.4) is 0 Å². The van der Waals surface area contributed by atoms with Crippen molar-refractivity contribution in [1.82, 2.24) is 4.98 Å². The molecule has 7 heteroatoms. The first-order valence-corrected chi connectivity index (χ1v) is 5.55. The summed E-state index contributed by atoms with van der Waals surface area (Å²) in [4.78, 5) is 5.09. The summed E-state index contributed by atoms with van der Waals surface area (Å²) < 4.78 is 11.7. The van der Waals surface area contributed by atoms with E-state index in [1.165, 1.54) is 0 Å². The SMILES string of the molecule is CC1(C)OB(c2nccs2)OC1(C)C.[Li+].[OH-]. The van der Waals surface area contributed by atoms with Crippen molar-refractivity contribution in [2.75, 3.05) is 0 Å². The summed E-state index contributed by atoms with van der Waals surface area (Å²) in [5, 5.41) is 1.93. The Morgan fingerprint density at radius 3 is 2.06 bits per heavy atom. The molecule has 1 aliphatic rings. The number of rotatable bonds is 1. The second kappa shape index (κ2) is 5.22. The van der Waals surface area contributed by atoms with Crippen molar-refractivity contribution in [2.45, 2.75) is 38.9 Å². The van der Waals surface area contributed by atoms with E-state index in [-0.39, 0.29) is 42.7 Å². The van der Waals surface area contributed by atoms with Crippen molar-refractivity contribution >= 4 is 23.4 Å². The zero-order chi connectivity index (χ0) is 10.4. The topological polar surface area (TPSA) is 61.4 Å². The molecule has 0 atom stereocenters. The summed E-state index contributed by atoms with van der Waals surface area (Å²) in [5.74, 6) is 0. The molecule has 1 saturated heterocycles. The van der Waals surface area contributed by atoms with Crippen molar-refractivity contribution < 1.29 is 33.6 Å². The summed E-state index contributed by atoms with van der Waals surface area (Å²) in [7, 11) is -0.306. The molecule has 0 unspecified atom stereocenters. The van der Waals surface area contributed by atoms with E-state index in [2.05, 4.69) is 4.98 Å². The second-order valence-corrected chi connectivity index (χ2v) is 5.38. The molecular formula is C9H15BLiNO3S. The van der Waals surface area contributed by atoms with E-state index in [9.17, 15) is 0 Å². The maximum atomic E-state index is 5.83. The first-order valence-electron chi connectivity index (χ1n) is 4.67. The fourth-order valence-electron chi connectivity index (χ4n) is 1.29. The van der Waals surface area contributed by atoms with Crippen LogP contribution < -0.4 is 23.8 Å². The Morgan fingerprint density at radius 1 is 1.19 bits per heavy atom. The number of nitrogens with zero attached hydrogens (tertiary/aromatic N) is 1. The van der Waals surface area contributed by atoms with Gasteiger partial charge in [0.1, 0.15) is 4.91 Å². The third-order valence-corrected chi connectivity index (χ3v) is 3.70. The van der Waals surface area contributed by atoms with Crippen molar-refractivity contribution in [2.24, 2.45) is 0 Å². The van der Waals surface area contributed by atoms with E-state index >= 15 is 0 Å². The van der Waals surface area contributed by atoms with Gasteiger partial charge in [-0.2, -0.15) is 0 Å². The van der Waals surface area contributed by atoms with Crippen LogP contribution in [0.4, 0.5) is 0 Å². The predicted molar refractivity (Wildman–Crippen MR) is 59.8 cm³/mol. The zero-order valence-corrected chi connectivity index (χ0v) is 11.2. The van der Waals surface area contributed by atoms with Gasteiger partial charge in [0.25, 0.3) is 0 Å². The van der Waals surface area contributed by atoms with Crippen LogP contribution in [0.5, 0.6) is 0 Å². The van der Waals surface area contributed by atoms with Gasteiger partial charge >= 0.3 is 26.0 Å². The van der Waals surface area contributed by atoms with E-state index in [1.807, 2.05) is 33.1 Å². The standard InChI is InChI=1S/C9H14BNO2S.Li.H2O/c1-8(2)9(3,4)13-10(12-8)7-11-5-6-14-7;;/h5-6H,1-4H3;;1H2/q;+1;/p-1. The van der Waals surface area contributed by atoms with Gasteiger partial charge in [-0.1, -0.05) is 0 Å². The van der Waals surface area contributed by atoms with Crippen LogP contribution in [0.25, 0.3) is 0 Å². The Morgan fingerprint density at radius 2 is 1.69 bits per heavy atom. The summed E-state index contributed by atoms with van der Waals surface area (Å²) >= 11 is 1.56. The first-order chi connectivity index (χ1) is 6.42. The van der Waals surface area contributed by atoms with Gasteiger partial charge in [-0.05, 0) is 27.7 Å². The van der Waals surface area contributed by atoms with Crippen LogP contribution in [-0.2, 0) is 9.31 Å². The molecule has 1 aromatic rings. The van der Waals surface area contributed by atoms with Gasteiger partial charge in [-0.25, -0.2) is 0 Å². The molecule has 16 heavy (non-hydrogen) atoms. The first kappa shape index (κ1) is 16.2. The monoisotopic (exact) mass is 235 g/mol. The fraction of sp³-hybridized carbons (Fsp3) is 0.667. The normalized spacial score (nSPS) is 21.1. The minimum Gasteiger partial charge on any atom is -0.870 e. The smallest absolute Gasteiger partial charge is 0.870 e. The molecule has 1 aromatic heterocycles. The van der Waals surface area contributed by atoms with Crippen molar-refractivity contribution in [3.05, 3.63) is 11.6 Å². The van der Waals surface area contributed by atoms with Gasteiger partial charge in [0.2, 0.25) is 0 Å². The maximum absolute atomic E-state index is 5.83. The van der Waals surface area contributed by atoms with Gasteiger partial charge in [0.05, 0.1) is 11.2 Å². The number of hydrogen-bond acceptors (Lipinski definition) is 5. The van der Waals surface area contributed by atoms with E-state index in [1.54, 1.807) is 17.5 Å². The molecule has 2 rings (SSSR count). The molecule has 0 radical (unpaired) electrons. The zero-order valence-electron chi connectivity index (χ0n) is 10.4. The molecule has 0 aromatic carbocycles. The van der Waals surface area contributed by atoms with Crippen molar-refractivity contribution in [3.8, 4) is 0 Å². The summed E-state index contributed by atoms with van der Waals surface area (Å²) in [5.41, 5.74) is -0.549. The Kier molecular flexibility index (Phi) is 5.27. The molecule has 4 nitrogen and oxygen atoms in total. The molecule has 0 spiro atoms. The second-order valence-electron chi connectivity index (χ2n) is 4.46. The average Bonchev–Trinajstić information content (AvgIpc) is 2.58. The molecule has 1 fully saturated rings. The third-order valence-electron chi connectivity index (χ3n) is 2.91. The Bertz CT molecular complexity index is 316. The molecule has 0 bridgehead atoms.